The van der Waals surface area contributed by atoms with Gasteiger partial charge < -0.3 is 47.4 Å². The molecule has 1 aliphatic heterocycles. The minimum absolute atomic E-state index is 0.0149. The molecular formula is C45H72O15. The summed E-state index contributed by atoms with van der Waals surface area (Å²) in [6.45, 7) is 16.0. The van der Waals surface area contributed by atoms with E-state index >= 15 is 0 Å². The molecule has 0 radical (unpaired) electrons. The second-order valence-electron chi connectivity index (χ2n) is 17.7. The summed E-state index contributed by atoms with van der Waals surface area (Å²) in [7, 11) is 0. The Morgan fingerprint density at radius 3 is 1.55 bits per heavy atom. The number of hydrogen-bond acceptors (Lipinski definition) is 15. The van der Waals surface area contributed by atoms with Gasteiger partial charge in [-0.1, -0.05) is 62.4 Å². The van der Waals surface area contributed by atoms with Crippen molar-refractivity contribution in [3.8, 4) is 0 Å². The Bertz CT molecular complexity index is 1410. The van der Waals surface area contributed by atoms with Gasteiger partial charge in [0, 0.05) is 6.42 Å². The first-order chi connectivity index (χ1) is 28.2. The summed E-state index contributed by atoms with van der Waals surface area (Å²) in [5.41, 5.74) is -1.07. The molecule has 0 bridgehead atoms. The van der Waals surface area contributed by atoms with Crippen molar-refractivity contribution in [2.75, 3.05) is 39.6 Å². The Kier molecular flexibility index (Phi) is 23.7. The summed E-state index contributed by atoms with van der Waals surface area (Å²) < 4.78 is 56.9. The van der Waals surface area contributed by atoms with E-state index in [1.54, 1.807) is 62.3 Å². The summed E-state index contributed by atoms with van der Waals surface area (Å²) in [6, 6.07) is 9.60. The van der Waals surface area contributed by atoms with Crippen LogP contribution in [0.4, 0.5) is 4.79 Å². The molecule has 0 saturated carbocycles. The highest BCUT2D eigenvalue weighted by Gasteiger charge is 2.44. The Morgan fingerprint density at radius 2 is 1.02 bits per heavy atom. The van der Waals surface area contributed by atoms with E-state index < -0.39 is 65.3 Å². The van der Waals surface area contributed by atoms with Crippen LogP contribution in [0, 0.1) is 0 Å². The fraction of sp³-hybridized carbons (Fsp3) is 0.756. The maximum Gasteiger partial charge on any atom is 0.508 e. The standard InChI is InChI=1S/C45H72O15/c1-43(2,3)58-37(47)23-27-51-34-31-55-35(41(53-29-25-39(49)60-45(7,8)9)40(34)52-28-24-38(48)59-44(4,5)6)32-57-42(50)54-26-19-14-12-10-11-13-18-22-36(46)56-30-33-20-16-15-17-21-33/h15-17,20-21,34-35,40-41H,10-14,18-19,22-32H2,1-9H3/t34-,35+,40+,41+/m0/s1. The third-order valence-electron chi connectivity index (χ3n) is 8.52. The second-order valence-corrected chi connectivity index (χ2v) is 17.7. The molecule has 1 heterocycles. The Hall–Kier alpha value is -3.79. The van der Waals surface area contributed by atoms with Gasteiger partial charge in [-0.2, -0.15) is 0 Å². The van der Waals surface area contributed by atoms with Crippen LogP contribution in [-0.4, -0.2) is 111 Å². The van der Waals surface area contributed by atoms with Gasteiger partial charge in [0.1, 0.15) is 54.4 Å². The molecule has 342 valence electrons. The van der Waals surface area contributed by atoms with Crippen molar-refractivity contribution in [1.82, 2.24) is 0 Å². The van der Waals surface area contributed by atoms with Crippen LogP contribution in [0.5, 0.6) is 0 Å². The molecule has 0 amide bonds. The van der Waals surface area contributed by atoms with E-state index in [0.29, 0.717) is 19.4 Å². The number of carbonyl (C=O) groups excluding carboxylic acids is 5. The predicted molar refractivity (Wildman–Crippen MR) is 221 cm³/mol. The van der Waals surface area contributed by atoms with Gasteiger partial charge in [0.25, 0.3) is 0 Å². The van der Waals surface area contributed by atoms with Gasteiger partial charge in [-0.05, 0) is 80.7 Å². The van der Waals surface area contributed by atoms with Crippen molar-refractivity contribution in [1.29, 1.82) is 0 Å². The lowest BCUT2D eigenvalue weighted by Crippen LogP contribution is -2.58. The predicted octanol–water partition coefficient (Wildman–Crippen LogP) is 7.75. The van der Waals surface area contributed by atoms with E-state index in [9.17, 15) is 24.0 Å². The number of hydrogen-bond donors (Lipinski definition) is 0. The van der Waals surface area contributed by atoms with Crippen molar-refractivity contribution in [2.24, 2.45) is 0 Å². The topological polar surface area (TPSA) is 178 Å². The third-order valence-corrected chi connectivity index (χ3v) is 8.52. The van der Waals surface area contributed by atoms with Gasteiger partial charge in [0.2, 0.25) is 0 Å². The highest BCUT2D eigenvalue weighted by Crippen LogP contribution is 2.26. The number of unbranched alkanes of at least 4 members (excludes halogenated alkanes) is 6. The zero-order chi connectivity index (χ0) is 44.6. The van der Waals surface area contributed by atoms with Crippen molar-refractivity contribution in [3.63, 3.8) is 0 Å². The zero-order valence-electron chi connectivity index (χ0n) is 37.5. The maximum absolute atomic E-state index is 12.6. The molecule has 0 spiro atoms. The van der Waals surface area contributed by atoms with E-state index in [1.165, 1.54) is 0 Å². The molecule has 15 nitrogen and oxygen atoms in total. The molecule has 1 aliphatic rings. The molecule has 1 aromatic rings. The van der Waals surface area contributed by atoms with Gasteiger partial charge in [0.05, 0.1) is 52.3 Å². The van der Waals surface area contributed by atoms with Gasteiger partial charge in [-0.3, -0.25) is 19.2 Å². The van der Waals surface area contributed by atoms with Crippen LogP contribution in [0.2, 0.25) is 0 Å². The summed E-state index contributed by atoms with van der Waals surface area (Å²) in [4.78, 5) is 62.1. The fourth-order valence-electron chi connectivity index (χ4n) is 5.96. The van der Waals surface area contributed by atoms with Crippen LogP contribution in [0.25, 0.3) is 0 Å². The molecular weight excluding hydrogens is 780 g/mol. The van der Waals surface area contributed by atoms with Crippen LogP contribution in [0.1, 0.15) is 139 Å². The van der Waals surface area contributed by atoms with Gasteiger partial charge >= 0.3 is 30.0 Å². The number of rotatable bonds is 26. The average molecular weight is 853 g/mol. The maximum atomic E-state index is 12.6. The molecule has 0 aromatic heterocycles. The van der Waals surface area contributed by atoms with Crippen LogP contribution < -0.4 is 0 Å². The lowest BCUT2D eigenvalue weighted by Gasteiger charge is -2.41. The van der Waals surface area contributed by atoms with E-state index in [2.05, 4.69) is 0 Å². The highest BCUT2D eigenvalue weighted by molar-refractivity contribution is 5.71. The number of carbonyl (C=O) groups is 5. The molecule has 2 rings (SSSR count). The van der Waals surface area contributed by atoms with Crippen LogP contribution >= 0.6 is 0 Å². The van der Waals surface area contributed by atoms with Crippen molar-refractivity contribution >= 4 is 30.0 Å². The summed E-state index contributed by atoms with van der Waals surface area (Å²) in [6.07, 6.45) is 2.14. The molecule has 1 fully saturated rings. The van der Waals surface area contributed by atoms with Crippen LogP contribution in [-0.2, 0) is 73.2 Å². The minimum atomic E-state index is -0.931. The molecule has 60 heavy (non-hydrogen) atoms. The lowest BCUT2D eigenvalue weighted by atomic mass is 9.99. The monoisotopic (exact) mass is 852 g/mol. The summed E-state index contributed by atoms with van der Waals surface area (Å²) in [5, 5.41) is 0. The van der Waals surface area contributed by atoms with Gasteiger partial charge in [-0.25, -0.2) is 4.79 Å². The van der Waals surface area contributed by atoms with Crippen LogP contribution in [0.15, 0.2) is 30.3 Å². The largest absolute Gasteiger partial charge is 0.508 e. The molecule has 0 N–H and O–H groups in total. The SMILES string of the molecule is CC(C)(C)OC(=O)CCO[C@H]1[C@H](OCCC(=O)OC(C)(C)C)[C@@H](COC(=O)OCCCCCCCCCC(=O)OCc2ccccc2)OC[C@@H]1OCCC(=O)OC(C)(C)C. The van der Waals surface area contributed by atoms with Gasteiger partial charge in [0.15, 0.2) is 0 Å². The summed E-state index contributed by atoms with van der Waals surface area (Å²) in [5.74, 6) is -1.56. The van der Waals surface area contributed by atoms with E-state index in [-0.39, 0.29) is 64.9 Å². The molecule has 15 heteroatoms. The normalized spacial score (nSPS) is 18.3. The molecule has 1 aromatic carbocycles. The lowest BCUT2D eigenvalue weighted by molar-refractivity contribution is -0.238. The summed E-state index contributed by atoms with van der Waals surface area (Å²) >= 11 is 0. The van der Waals surface area contributed by atoms with E-state index in [1.807, 2.05) is 30.3 Å². The molecule has 0 unspecified atom stereocenters. The third kappa shape index (κ3) is 25.7. The van der Waals surface area contributed by atoms with E-state index in [0.717, 1.165) is 44.1 Å². The minimum Gasteiger partial charge on any atom is -0.461 e. The van der Waals surface area contributed by atoms with E-state index in [4.69, 9.17) is 47.4 Å². The first-order valence-corrected chi connectivity index (χ1v) is 21.3. The zero-order valence-corrected chi connectivity index (χ0v) is 37.5. The van der Waals surface area contributed by atoms with Gasteiger partial charge in [-0.15, -0.1) is 0 Å². The van der Waals surface area contributed by atoms with Crippen molar-refractivity contribution in [2.45, 2.75) is 181 Å². The highest BCUT2D eigenvalue weighted by atomic mass is 16.7. The number of ether oxygens (including phenoxy) is 10. The first kappa shape index (κ1) is 52.3. The van der Waals surface area contributed by atoms with Crippen LogP contribution in [0.3, 0.4) is 0 Å². The Labute approximate surface area is 357 Å². The molecule has 0 aliphatic carbocycles. The first-order valence-electron chi connectivity index (χ1n) is 21.3. The van der Waals surface area contributed by atoms with Crippen molar-refractivity contribution in [3.05, 3.63) is 35.9 Å². The average Bonchev–Trinajstić information content (AvgIpc) is 3.13. The Balaban J connectivity index is 1.90. The number of benzene rings is 1. The fourth-order valence-corrected chi connectivity index (χ4v) is 5.96. The molecule has 1 saturated heterocycles. The quantitative estimate of drug-likeness (QED) is 0.0502. The van der Waals surface area contributed by atoms with Crippen molar-refractivity contribution < 1.29 is 71.3 Å². The molecule has 4 atom stereocenters. The Morgan fingerprint density at radius 1 is 0.533 bits per heavy atom. The second kappa shape index (κ2) is 27.2. The smallest absolute Gasteiger partial charge is 0.461 e. The number of esters is 4.